The number of sulfonamides is 1. The summed E-state index contributed by atoms with van der Waals surface area (Å²) in [6.45, 7) is -1.24. The van der Waals surface area contributed by atoms with Gasteiger partial charge < -0.3 is 24.1 Å². The zero-order chi connectivity index (χ0) is 33.6. The number of alkyl halides is 2. The van der Waals surface area contributed by atoms with Gasteiger partial charge in [0.25, 0.3) is 0 Å². The van der Waals surface area contributed by atoms with Crippen LogP contribution in [0, 0.1) is 18.3 Å². The van der Waals surface area contributed by atoms with E-state index in [-0.39, 0.29) is 64.1 Å². The van der Waals surface area contributed by atoms with Crippen molar-refractivity contribution < 1.29 is 46.0 Å². The van der Waals surface area contributed by atoms with Gasteiger partial charge in [-0.2, -0.15) is 13.1 Å². The number of phenolic OH excluding ortho intramolecular Hbond substituents is 1. The second-order valence-corrected chi connectivity index (χ2v) is 14.0. The van der Waals surface area contributed by atoms with Crippen molar-refractivity contribution in [2.75, 3.05) is 26.0 Å². The molecule has 46 heavy (non-hydrogen) atoms. The van der Waals surface area contributed by atoms with Crippen molar-refractivity contribution in [1.29, 1.82) is 0 Å². The van der Waals surface area contributed by atoms with Crippen LogP contribution in [0.25, 0.3) is 0 Å². The third kappa shape index (κ3) is 8.60. The first-order valence-corrected chi connectivity index (χ1v) is 17.2. The molecule has 1 aliphatic heterocycles. The van der Waals surface area contributed by atoms with Crippen LogP contribution < -0.4 is 14.2 Å². The monoisotopic (exact) mass is 717 g/mol. The van der Waals surface area contributed by atoms with Crippen LogP contribution in [-0.4, -0.2) is 61.8 Å². The summed E-state index contributed by atoms with van der Waals surface area (Å²) in [5.74, 6) is 1.38. The van der Waals surface area contributed by atoms with E-state index in [1.54, 1.807) is 13.0 Å². The van der Waals surface area contributed by atoms with Crippen LogP contribution >= 0.6 is 35.0 Å². The lowest BCUT2D eigenvalue weighted by molar-refractivity contribution is -0.150. The van der Waals surface area contributed by atoms with E-state index in [1.165, 1.54) is 37.4 Å². The molecule has 0 unspecified atom stereocenters. The molecule has 2 aromatic rings. The normalized spacial score (nSPS) is 18.5. The van der Waals surface area contributed by atoms with Crippen molar-refractivity contribution in [3.8, 4) is 35.3 Å². The number of rotatable bonds is 14. The van der Waals surface area contributed by atoms with Gasteiger partial charge >= 0.3 is 12.6 Å². The number of thioether (sulfide) groups is 1. The molecule has 15 heteroatoms. The Bertz CT molecular complexity index is 1660. The van der Waals surface area contributed by atoms with Crippen LogP contribution in [0.5, 0.6) is 23.0 Å². The molecule has 1 N–H and O–H groups in total. The predicted octanol–water partition coefficient (Wildman–Crippen LogP) is 6.80. The molecule has 0 spiro atoms. The summed E-state index contributed by atoms with van der Waals surface area (Å²) in [5.41, 5.74) is 0.549. The number of carbonyl (C=O) groups excluding carboxylic acids is 1. The highest BCUT2D eigenvalue weighted by Crippen LogP contribution is 2.41. The second-order valence-electron chi connectivity index (χ2n) is 10.2. The Morgan fingerprint density at radius 1 is 1.22 bits per heavy atom. The summed E-state index contributed by atoms with van der Waals surface area (Å²) in [7, 11) is -3.06. The maximum atomic E-state index is 13.8. The largest absolute Gasteiger partial charge is 0.507 e. The molecule has 9 nitrogen and oxygen atoms in total. The molecule has 1 heterocycles. The second kappa shape index (κ2) is 15.6. The molecule has 2 aromatic carbocycles. The Kier molecular flexibility index (Phi) is 12.1. The molecule has 248 valence electrons. The summed E-state index contributed by atoms with van der Waals surface area (Å²) in [4.78, 5) is 13.3. The average molecular weight is 719 g/mol. The minimum atomic E-state index is -4.40. The molecular weight excluding hydrogens is 687 g/mol. The summed E-state index contributed by atoms with van der Waals surface area (Å²) >= 11 is 13.8. The maximum absolute atomic E-state index is 13.8. The highest BCUT2D eigenvalue weighted by molar-refractivity contribution is 8.02. The number of aromatic hydroxyl groups is 1. The van der Waals surface area contributed by atoms with Gasteiger partial charge in [0.1, 0.15) is 22.5 Å². The van der Waals surface area contributed by atoms with Gasteiger partial charge in [-0.05, 0) is 55.5 Å². The number of halogens is 4. The Morgan fingerprint density at radius 3 is 2.59 bits per heavy atom. The average Bonchev–Trinajstić information content (AvgIpc) is 3.73. The molecule has 0 amide bonds. The number of esters is 1. The van der Waals surface area contributed by atoms with Crippen molar-refractivity contribution in [1.82, 2.24) is 4.31 Å². The van der Waals surface area contributed by atoms with Crippen LogP contribution in [0.4, 0.5) is 8.78 Å². The number of hydrogen-bond acceptors (Lipinski definition) is 9. The fourth-order valence-electron chi connectivity index (χ4n) is 4.53. The quantitative estimate of drug-likeness (QED) is 0.128. The lowest BCUT2D eigenvalue weighted by Gasteiger charge is -2.26. The first-order valence-electron chi connectivity index (χ1n) is 14.0. The Balaban J connectivity index is 1.71. The fraction of sp³-hybridized carbons (Fsp3) is 0.387. The van der Waals surface area contributed by atoms with E-state index >= 15 is 0 Å². The number of carbonyl (C=O) groups is 1. The number of nitrogens with zero attached hydrogens (tertiary/aromatic N) is 1. The maximum Gasteiger partial charge on any atom is 0.387 e. The zero-order valence-electron chi connectivity index (χ0n) is 24.8. The SMILES string of the molecule is C#C/C(Cl)=C(C[C@H](OC(=O)[C@@H]1SCCN1S(=O)(=O)c1cc(OC)ccc1O)c1ccc(OC(F)F)c(OCC2CC2)c1)\C(Cl)=C/C. The zero-order valence-corrected chi connectivity index (χ0v) is 27.9. The lowest BCUT2D eigenvalue weighted by Crippen LogP contribution is -2.40. The third-order valence-corrected chi connectivity index (χ3v) is 11.1. The van der Waals surface area contributed by atoms with E-state index in [9.17, 15) is 27.1 Å². The number of hydrogen-bond donors (Lipinski definition) is 1. The first kappa shape index (κ1) is 35.7. The lowest BCUT2D eigenvalue weighted by atomic mass is 9.99. The minimum absolute atomic E-state index is 0.00408. The van der Waals surface area contributed by atoms with Crippen molar-refractivity contribution in [2.45, 2.75) is 49.2 Å². The van der Waals surface area contributed by atoms with Gasteiger partial charge in [-0.15, -0.1) is 18.2 Å². The molecule has 4 rings (SSSR count). The smallest absolute Gasteiger partial charge is 0.387 e. The Morgan fingerprint density at radius 2 is 1.96 bits per heavy atom. The van der Waals surface area contributed by atoms with Gasteiger partial charge in [0.15, 0.2) is 16.9 Å². The van der Waals surface area contributed by atoms with Gasteiger partial charge in [0.05, 0.1) is 18.7 Å². The molecule has 0 bridgehead atoms. The van der Waals surface area contributed by atoms with E-state index in [4.69, 9.17) is 43.8 Å². The van der Waals surface area contributed by atoms with Crippen LogP contribution in [0.3, 0.4) is 0 Å². The van der Waals surface area contributed by atoms with E-state index in [0.717, 1.165) is 35.0 Å². The van der Waals surface area contributed by atoms with E-state index < -0.39 is 44.7 Å². The first-order chi connectivity index (χ1) is 21.9. The van der Waals surface area contributed by atoms with E-state index in [2.05, 4.69) is 10.7 Å². The van der Waals surface area contributed by atoms with Crippen molar-refractivity contribution in [3.05, 3.63) is 63.7 Å². The van der Waals surface area contributed by atoms with Crippen LogP contribution in [-0.2, 0) is 19.6 Å². The molecular formula is C31H31Cl2F2NO8S2. The summed E-state index contributed by atoms with van der Waals surface area (Å²) in [5, 5.41) is 9.16. The van der Waals surface area contributed by atoms with E-state index in [1.807, 2.05) is 0 Å². The van der Waals surface area contributed by atoms with Crippen LogP contribution in [0.2, 0.25) is 0 Å². The van der Waals surface area contributed by atoms with Gasteiger partial charge in [0.2, 0.25) is 10.0 Å². The van der Waals surface area contributed by atoms with Crippen molar-refractivity contribution in [2.24, 2.45) is 5.92 Å². The molecule has 0 aromatic heterocycles. The van der Waals surface area contributed by atoms with Crippen molar-refractivity contribution >= 4 is 51.0 Å². The summed E-state index contributed by atoms with van der Waals surface area (Å²) in [6.07, 6.45) is 7.64. The highest BCUT2D eigenvalue weighted by atomic mass is 35.5. The molecule has 2 aliphatic rings. The number of terminal acetylenes is 1. The molecule has 1 saturated carbocycles. The molecule has 2 fully saturated rings. The number of benzene rings is 2. The standard InChI is InChI=1S/C31H31Cl2F2NO8S2/c1-4-22(32)21(23(33)5-2)16-26(19-8-11-25(44-31(34)35)27(14-19)42-17-18-6-7-18)43-30(38)29-36(12-13-45-29)46(39,40)28-15-20(41-3)9-10-24(28)37/h1,5,8-11,14-15,18,26,29,31,37H,6-7,12-13,16-17H2,2-3H3/b22-21+,23-5+/t26-,29-/m0/s1. The number of phenols is 1. The van der Waals surface area contributed by atoms with E-state index in [0.29, 0.717) is 5.56 Å². The van der Waals surface area contributed by atoms with Gasteiger partial charge in [-0.3, -0.25) is 0 Å². The third-order valence-electron chi connectivity index (χ3n) is 7.11. The van der Waals surface area contributed by atoms with Gasteiger partial charge in [-0.25, -0.2) is 13.2 Å². The fourth-order valence-corrected chi connectivity index (χ4v) is 8.07. The highest BCUT2D eigenvalue weighted by Gasteiger charge is 2.43. The van der Waals surface area contributed by atoms with Crippen LogP contribution in [0.1, 0.15) is 37.9 Å². The Hall–Kier alpha value is -3.15. The minimum Gasteiger partial charge on any atom is -0.507 e. The molecule has 0 radical (unpaired) electrons. The topological polar surface area (TPSA) is 112 Å². The Labute approximate surface area is 280 Å². The number of methoxy groups -OCH3 is 1. The molecule has 1 aliphatic carbocycles. The molecule has 2 atom stereocenters. The number of allylic oxidation sites excluding steroid dienone is 3. The molecule has 1 saturated heterocycles. The number of ether oxygens (including phenoxy) is 4. The summed E-state index contributed by atoms with van der Waals surface area (Å²) in [6, 6.07) is 7.81. The van der Waals surface area contributed by atoms with Crippen molar-refractivity contribution in [3.63, 3.8) is 0 Å². The summed E-state index contributed by atoms with van der Waals surface area (Å²) < 4.78 is 76.1. The van der Waals surface area contributed by atoms with Crippen LogP contribution in [0.15, 0.2) is 63.0 Å². The van der Waals surface area contributed by atoms with Gasteiger partial charge in [0, 0.05) is 35.4 Å². The van der Waals surface area contributed by atoms with Gasteiger partial charge in [-0.1, -0.05) is 41.3 Å². The predicted molar refractivity (Wildman–Crippen MR) is 171 cm³/mol.